The molecule has 6 unspecified atom stereocenters. The second kappa shape index (κ2) is 15.4. The van der Waals surface area contributed by atoms with Crippen molar-refractivity contribution in [1.29, 1.82) is 0 Å². The van der Waals surface area contributed by atoms with Crippen LogP contribution in [0.4, 0.5) is 11.6 Å². The zero-order valence-corrected chi connectivity index (χ0v) is 36.0. The number of nitrogen functional groups attached to an aromatic ring is 2. The molecule has 14 nitrogen and oxygen atoms in total. The summed E-state index contributed by atoms with van der Waals surface area (Å²) < 4.78 is 26.0. The van der Waals surface area contributed by atoms with E-state index >= 15 is 0 Å². The SMILES string of the molecule is CNCC1CCC23OC2CCc2cc(N)nc(c2)-c2cc(CN4C=C5N=CC=C5C4)nc(N)c2CSSCCC2(C)Oc4cc5oc(C)cc(=O)c5c(O)c4C(C1)C2OC3=O. The maximum Gasteiger partial charge on any atom is 0.341 e. The minimum atomic E-state index is -1.13. The third-order valence-corrected chi connectivity index (χ3v) is 15.4. The first-order valence-corrected chi connectivity index (χ1v) is 23.4. The smallest absolute Gasteiger partial charge is 0.341 e. The summed E-state index contributed by atoms with van der Waals surface area (Å²) in [4.78, 5) is 44.4. The van der Waals surface area contributed by atoms with E-state index in [-0.39, 0.29) is 34.2 Å². The molecule has 3 aromatic heterocycles. The molecule has 4 aromatic rings. The number of rotatable bonds is 4. The number of benzene rings is 1. The van der Waals surface area contributed by atoms with Gasteiger partial charge in [0.1, 0.15) is 51.6 Å². The van der Waals surface area contributed by atoms with Crippen LogP contribution in [0, 0.1) is 12.8 Å². The lowest BCUT2D eigenvalue weighted by Gasteiger charge is -2.46. The summed E-state index contributed by atoms with van der Waals surface area (Å²) in [6.45, 7) is 5.66. The molecule has 6 atom stereocenters. The fourth-order valence-electron chi connectivity index (χ4n) is 10.1. The number of fused-ring (bicyclic) bond motifs is 9. The highest BCUT2D eigenvalue weighted by molar-refractivity contribution is 8.76. The molecular formula is C45H49N7O7S2. The number of hydrogen-bond acceptors (Lipinski definition) is 16. The summed E-state index contributed by atoms with van der Waals surface area (Å²) >= 11 is 0. The molecular weight excluding hydrogens is 815 g/mol. The van der Waals surface area contributed by atoms with Crippen LogP contribution in [0.1, 0.15) is 73.1 Å². The van der Waals surface area contributed by atoms with E-state index in [1.807, 2.05) is 32.3 Å². The van der Waals surface area contributed by atoms with Gasteiger partial charge >= 0.3 is 5.97 Å². The Labute approximate surface area is 361 Å². The van der Waals surface area contributed by atoms with Gasteiger partial charge in [0.15, 0.2) is 11.0 Å². The van der Waals surface area contributed by atoms with E-state index in [4.69, 9.17) is 40.1 Å². The Hall–Kier alpha value is -5.03. The minimum absolute atomic E-state index is 0.0878. The molecule has 2 saturated heterocycles. The van der Waals surface area contributed by atoms with Crippen molar-refractivity contribution in [1.82, 2.24) is 20.2 Å². The van der Waals surface area contributed by atoms with E-state index in [9.17, 15) is 14.7 Å². The van der Waals surface area contributed by atoms with Crippen LogP contribution in [0.5, 0.6) is 11.5 Å². The number of allylic oxidation sites excluding steroid dienone is 1. The Bertz CT molecular complexity index is 2630. The van der Waals surface area contributed by atoms with Gasteiger partial charge in [0, 0.05) is 77.2 Å². The second-order valence-electron chi connectivity index (χ2n) is 17.3. The Morgan fingerprint density at radius 1 is 1.08 bits per heavy atom. The number of aromatic hydroxyl groups is 1. The molecule has 61 heavy (non-hydrogen) atoms. The van der Waals surface area contributed by atoms with Gasteiger partial charge in [-0.05, 0) is 95.3 Å². The lowest BCUT2D eigenvalue weighted by molar-refractivity contribution is -0.172. The summed E-state index contributed by atoms with van der Waals surface area (Å²) in [6, 6.07) is 9.11. The van der Waals surface area contributed by atoms with Crippen LogP contribution in [0.3, 0.4) is 0 Å². The number of anilines is 2. The van der Waals surface area contributed by atoms with Gasteiger partial charge in [-0.15, -0.1) is 0 Å². The molecule has 0 aliphatic carbocycles. The zero-order valence-electron chi connectivity index (χ0n) is 34.4. The largest absolute Gasteiger partial charge is 0.507 e. The summed E-state index contributed by atoms with van der Waals surface area (Å²) in [5.41, 5.74) is 18.0. The van der Waals surface area contributed by atoms with Crippen molar-refractivity contribution in [3.8, 4) is 22.8 Å². The maximum atomic E-state index is 14.7. The third kappa shape index (κ3) is 7.24. The molecule has 0 amide bonds. The van der Waals surface area contributed by atoms with Crippen LogP contribution in [0.15, 0.2) is 68.1 Å². The highest BCUT2D eigenvalue weighted by atomic mass is 33.1. The predicted molar refractivity (Wildman–Crippen MR) is 237 cm³/mol. The lowest BCUT2D eigenvalue weighted by atomic mass is 9.74. The van der Waals surface area contributed by atoms with Gasteiger partial charge < -0.3 is 45.4 Å². The number of nitrogens with zero attached hydrogens (tertiary/aromatic N) is 4. The molecule has 1 spiro atoms. The highest BCUT2D eigenvalue weighted by Crippen LogP contribution is 2.55. The van der Waals surface area contributed by atoms with Crippen molar-refractivity contribution in [2.24, 2.45) is 10.9 Å². The Morgan fingerprint density at radius 3 is 2.79 bits per heavy atom. The Morgan fingerprint density at radius 2 is 1.95 bits per heavy atom. The number of aryl methyl sites for hydroxylation is 2. The number of aromatic nitrogens is 2. The van der Waals surface area contributed by atoms with Gasteiger partial charge in [-0.2, -0.15) is 0 Å². The minimum Gasteiger partial charge on any atom is -0.507 e. The predicted octanol–water partition coefficient (Wildman–Crippen LogP) is 6.32. The van der Waals surface area contributed by atoms with Crippen LogP contribution in [-0.4, -0.2) is 81.5 Å². The van der Waals surface area contributed by atoms with E-state index in [1.54, 1.807) is 34.6 Å². The van der Waals surface area contributed by atoms with Crippen molar-refractivity contribution in [2.75, 3.05) is 37.4 Å². The Balaban J connectivity index is 1.03. The van der Waals surface area contributed by atoms with Gasteiger partial charge in [-0.1, -0.05) is 21.6 Å². The molecule has 10 rings (SSSR count). The van der Waals surface area contributed by atoms with Crippen LogP contribution < -0.4 is 26.9 Å². The van der Waals surface area contributed by atoms with E-state index in [0.29, 0.717) is 91.8 Å². The molecule has 6 aliphatic heterocycles. The average molecular weight is 864 g/mol. The standard InChI is InChI=1S/C45H49N7O7S2/c1-23-12-33(53)39-34(56-23)17-35-38(40(39)54)29-13-25(18-48-3)6-8-45-36(59-45)5-4-24-14-31(51-37(46)15-24)28-16-27(20-52-19-26-7-10-49-32(26)21-52)50-42(47)30(28)22-61-60-11-9-44(2,58-35)41(29)57-43(45)55/h7,10,12,14-17,21,25,29,36,41,48,54H,4-6,8-9,11,13,18-20,22H2,1-3H3,(H2,46,51)(H2,47,50). The molecule has 16 heteroatoms. The number of epoxide rings is 1. The van der Waals surface area contributed by atoms with Crippen molar-refractivity contribution < 1.29 is 28.5 Å². The van der Waals surface area contributed by atoms with Gasteiger partial charge in [0.25, 0.3) is 0 Å². The molecule has 0 saturated carbocycles. The molecule has 318 valence electrons. The van der Waals surface area contributed by atoms with Crippen molar-refractivity contribution >= 4 is 56.4 Å². The number of pyridine rings is 2. The first-order valence-electron chi connectivity index (χ1n) is 20.9. The van der Waals surface area contributed by atoms with Crippen LogP contribution in [0.25, 0.3) is 22.2 Å². The molecule has 0 radical (unpaired) electrons. The highest BCUT2D eigenvalue weighted by Gasteiger charge is 2.65. The number of phenolic OH excluding ortho intramolecular Hbond substituents is 1. The molecule has 6 aliphatic rings. The van der Waals surface area contributed by atoms with E-state index < -0.39 is 29.2 Å². The quantitative estimate of drug-likeness (QED) is 0.101. The average Bonchev–Trinajstić information content (AvgIpc) is 3.50. The van der Waals surface area contributed by atoms with Gasteiger partial charge in [0.2, 0.25) is 0 Å². The molecule has 6 N–H and O–H groups in total. The number of carbonyl (C=O) groups excluding carboxylic acids is 1. The molecule has 9 heterocycles. The number of esters is 1. The van der Waals surface area contributed by atoms with Crippen molar-refractivity contribution in [3.05, 3.63) is 92.2 Å². The van der Waals surface area contributed by atoms with E-state index in [2.05, 4.69) is 33.5 Å². The van der Waals surface area contributed by atoms with Gasteiger partial charge in [-0.3, -0.25) is 9.79 Å². The van der Waals surface area contributed by atoms with Gasteiger partial charge in [0.05, 0.1) is 29.7 Å². The monoisotopic (exact) mass is 863 g/mol. The number of nitrogens with two attached hydrogens (primary N) is 2. The fourth-order valence-corrected chi connectivity index (χ4v) is 12.4. The van der Waals surface area contributed by atoms with Crippen LogP contribution in [-0.2, 0) is 33.0 Å². The maximum absolute atomic E-state index is 14.7. The first kappa shape index (κ1) is 40.1. The molecule has 2 fully saturated rings. The first-order chi connectivity index (χ1) is 29.4. The van der Waals surface area contributed by atoms with E-state index in [1.165, 1.54) is 11.6 Å². The van der Waals surface area contributed by atoms with Crippen molar-refractivity contribution in [2.45, 2.75) is 94.0 Å². The third-order valence-electron chi connectivity index (χ3n) is 13.1. The van der Waals surface area contributed by atoms with Crippen LogP contribution in [0.2, 0.25) is 0 Å². The van der Waals surface area contributed by atoms with E-state index in [0.717, 1.165) is 40.3 Å². The van der Waals surface area contributed by atoms with Crippen molar-refractivity contribution in [3.63, 3.8) is 0 Å². The normalized spacial score (nSPS) is 28.1. The number of aliphatic imine (C=N–C) groups is 1. The topological polar surface area (TPSA) is 204 Å². The fraction of sp³-hybridized carbons (Fsp3) is 0.444. The lowest BCUT2D eigenvalue weighted by Crippen LogP contribution is -2.54. The number of ether oxygens (including phenoxy) is 3. The summed E-state index contributed by atoms with van der Waals surface area (Å²) in [7, 11) is 5.23. The number of carbonyl (C=O) groups is 1. The summed E-state index contributed by atoms with van der Waals surface area (Å²) in [5, 5.41) is 15.4. The zero-order chi connectivity index (χ0) is 42.2. The Kier molecular flexibility index (Phi) is 10.1. The summed E-state index contributed by atoms with van der Waals surface area (Å²) in [5.74, 6) is 1.84. The summed E-state index contributed by atoms with van der Waals surface area (Å²) in [6.07, 6.45) is 8.14. The second-order valence-corrected chi connectivity index (χ2v) is 19.9. The number of nitrogens with one attached hydrogen (secondary N) is 1. The number of phenols is 1. The molecule has 1 aromatic carbocycles. The molecule has 4 bridgehead atoms. The van der Waals surface area contributed by atoms with Gasteiger partial charge in [-0.25, -0.2) is 14.8 Å². The van der Waals surface area contributed by atoms with Crippen LogP contribution >= 0.6 is 21.6 Å². The number of hydrogen-bond donors (Lipinski definition) is 4.